The number of amides is 1. The van der Waals surface area contributed by atoms with E-state index in [2.05, 4.69) is 27.6 Å². The lowest BCUT2D eigenvalue weighted by Gasteiger charge is -2.18. The molecule has 2 heterocycles. The van der Waals surface area contributed by atoms with Gasteiger partial charge in [-0.25, -0.2) is 0 Å². The van der Waals surface area contributed by atoms with E-state index < -0.39 is 17.1 Å². The highest BCUT2D eigenvalue weighted by Gasteiger charge is 2.45. The number of carbonyl (C=O) groups is 1. The van der Waals surface area contributed by atoms with Gasteiger partial charge in [0.25, 0.3) is 11.3 Å². The number of hydrogen-bond donors (Lipinski definition) is 2. The van der Waals surface area contributed by atoms with Gasteiger partial charge in [-0.3, -0.25) is 19.0 Å². The van der Waals surface area contributed by atoms with Crippen molar-refractivity contribution in [2.24, 2.45) is 7.05 Å². The summed E-state index contributed by atoms with van der Waals surface area (Å²) in [5, 5.41) is 20.7. The summed E-state index contributed by atoms with van der Waals surface area (Å²) in [4.78, 5) is 23.9. The maximum atomic E-state index is 12.0. The van der Waals surface area contributed by atoms with Crippen LogP contribution >= 0.6 is 0 Å². The van der Waals surface area contributed by atoms with Crippen LogP contribution in [-0.4, -0.2) is 37.6 Å². The number of aromatic hydroxyl groups is 1. The van der Waals surface area contributed by atoms with Gasteiger partial charge in [-0.2, -0.15) is 10.2 Å². The van der Waals surface area contributed by atoms with Crippen molar-refractivity contribution in [2.75, 3.05) is 7.05 Å². The lowest BCUT2D eigenvalue weighted by Crippen LogP contribution is -2.30. The van der Waals surface area contributed by atoms with Crippen LogP contribution in [0.4, 0.5) is 0 Å². The molecule has 8 nitrogen and oxygen atoms in total. The van der Waals surface area contributed by atoms with Gasteiger partial charge in [-0.15, -0.1) is 0 Å². The van der Waals surface area contributed by atoms with E-state index in [9.17, 15) is 14.7 Å². The molecular weight excluding hydrogens is 358 g/mol. The molecule has 28 heavy (non-hydrogen) atoms. The standard InChI is InChI=1S/C20H21N5O3/c1-21-19(28)17-18(27)16(26)11-25(23-17)12-20(7-8-20)14-5-3-4-13(10-14)15-6-9-22-24(15)2/h3-6,9-11,26H,7-8,12H2,1-2H3,(H,21,28). The number of hydrogen-bond acceptors (Lipinski definition) is 5. The van der Waals surface area contributed by atoms with Gasteiger partial charge in [-0.05, 0) is 30.5 Å². The van der Waals surface area contributed by atoms with Gasteiger partial charge < -0.3 is 10.4 Å². The Kier molecular flexibility index (Phi) is 4.26. The third kappa shape index (κ3) is 3.06. The normalized spacial score (nSPS) is 14.6. The van der Waals surface area contributed by atoms with E-state index in [-0.39, 0.29) is 11.1 Å². The lowest BCUT2D eigenvalue weighted by molar-refractivity contribution is 0.0953. The highest BCUT2D eigenvalue weighted by Crippen LogP contribution is 2.50. The Labute approximate surface area is 161 Å². The molecule has 1 amide bonds. The Balaban J connectivity index is 1.68. The Morgan fingerprint density at radius 3 is 2.75 bits per heavy atom. The first kappa shape index (κ1) is 18.0. The van der Waals surface area contributed by atoms with Crippen LogP contribution in [0, 0.1) is 0 Å². The van der Waals surface area contributed by atoms with Crippen LogP contribution in [0.3, 0.4) is 0 Å². The summed E-state index contributed by atoms with van der Waals surface area (Å²) in [6.45, 7) is 0.472. The van der Waals surface area contributed by atoms with Crippen LogP contribution in [0.5, 0.6) is 5.75 Å². The average Bonchev–Trinajstić information content (AvgIpc) is 3.35. The topological polar surface area (TPSA) is 102 Å². The molecule has 1 aliphatic rings. The predicted octanol–water partition coefficient (Wildman–Crippen LogP) is 1.44. The first-order valence-electron chi connectivity index (χ1n) is 9.05. The van der Waals surface area contributed by atoms with Gasteiger partial charge in [0.1, 0.15) is 0 Å². The SMILES string of the molecule is CNC(=O)c1nn(CC2(c3cccc(-c4ccnn4C)c3)CC2)cc(O)c1=O. The Morgan fingerprint density at radius 1 is 1.32 bits per heavy atom. The molecule has 144 valence electrons. The molecule has 2 aromatic heterocycles. The second kappa shape index (κ2) is 6.63. The van der Waals surface area contributed by atoms with Crippen LogP contribution in [0.15, 0.2) is 47.5 Å². The van der Waals surface area contributed by atoms with Crippen molar-refractivity contribution < 1.29 is 9.90 Å². The smallest absolute Gasteiger partial charge is 0.275 e. The summed E-state index contributed by atoms with van der Waals surface area (Å²) < 4.78 is 3.32. The molecule has 0 radical (unpaired) electrons. The minimum absolute atomic E-state index is 0.136. The van der Waals surface area contributed by atoms with Crippen molar-refractivity contribution in [1.29, 1.82) is 0 Å². The van der Waals surface area contributed by atoms with E-state index in [0.29, 0.717) is 6.54 Å². The predicted molar refractivity (Wildman–Crippen MR) is 103 cm³/mol. The zero-order chi connectivity index (χ0) is 19.9. The van der Waals surface area contributed by atoms with Gasteiger partial charge in [0.15, 0.2) is 11.4 Å². The number of nitrogens with zero attached hydrogens (tertiary/aromatic N) is 4. The molecule has 1 aliphatic carbocycles. The number of nitrogens with one attached hydrogen (secondary N) is 1. The number of carbonyl (C=O) groups excluding carboxylic acids is 1. The number of rotatable bonds is 5. The van der Waals surface area contributed by atoms with Gasteiger partial charge in [0.05, 0.1) is 18.4 Å². The molecule has 0 saturated heterocycles. The molecule has 4 rings (SSSR count). The van der Waals surface area contributed by atoms with Crippen LogP contribution in [0.2, 0.25) is 0 Å². The van der Waals surface area contributed by atoms with E-state index in [4.69, 9.17) is 0 Å². The molecule has 3 aromatic rings. The minimum atomic E-state index is -0.765. The maximum absolute atomic E-state index is 12.0. The Bertz CT molecular complexity index is 1110. The van der Waals surface area contributed by atoms with Crippen molar-refractivity contribution in [3.05, 3.63) is 64.2 Å². The van der Waals surface area contributed by atoms with Gasteiger partial charge >= 0.3 is 0 Å². The van der Waals surface area contributed by atoms with E-state index >= 15 is 0 Å². The molecular formula is C20H21N5O3. The summed E-state index contributed by atoms with van der Waals surface area (Å²) in [6.07, 6.45) is 4.99. The molecule has 0 spiro atoms. The van der Waals surface area contributed by atoms with Crippen LogP contribution in [0.1, 0.15) is 28.9 Å². The largest absolute Gasteiger partial charge is 0.503 e. The van der Waals surface area contributed by atoms with Crippen LogP contribution in [-0.2, 0) is 19.0 Å². The summed E-state index contributed by atoms with van der Waals surface area (Å²) in [5.41, 5.74) is 2.06. The van der Waals surface area contributed by atoms with Crippen molar-refractivity contribution in [3.8, 4) is 17.0 Å². The van der Waals surface area contributed by atoms with Gasteiger partial charge in [-0.1, -0.05) is 18.2 Å². The Hall–Kier alpha value is -3.42. The molecule has 0 unspecified atom stereocenters. The average molecular weight is 379 g/mol. The minimum Gasteiger partial charge on any atom is -0.503 e. The first-order chi connectivity index (χ1) is 13.4. The second-order valence-electron chi connectivity index (χ2n) is 7.17. The van der Waals surface area contributed by atoms with E-state index in [1.54, 1.807) is 6.20 Å². The van der Waals surface area contributed by atoms with Crippen molar-refractivity contribution >= 4 is 5.91 Å². The summed E-state index contributed by atoms with van der Waals surface area (Å²) in [7, 11) is 3.33. The second-order valence-corrected chi connectivity index (χ2v) is 7.17. The molecule has 0 atom stereocenters. The zero-order valence-electron chi connectivity index (χ0n) is 15.7. The number of benzene rings is 1. The fourth-order valence-corrected chi connectivity index (χ4v) is 3.54. The van der Waals surface area contributed by atoms with Gasteiger partial charge in [0, 0.05) is 31.3 Å². The van der Waals surface area contributed by atoms with Crippen molar-refractivity contribution in [2.45, 2.75) is 24.8 Å². The third-order valence-corrected chi connectivity index (χ3v) is 5.30. The lowest BCUT2D eigenvalue weighted by atomic mass is 9.93. The summed E-state index contributed by atoms with van der Waals surface area (Å²) in [5.74, 6) is -1.09. The summed E-state index contributed by atoms with van der Waals surface area (Å²) >= 11 is 0. The van der Waals surface area contributed by atoms with E-state index in [1.807, 2.05) is 29.9 Å². The maximum Gasteiger partial charge on any atom is 0.275 e. The first-order valence-corrected chi connectivity index (χ1v) is 9.05. The fraction of sp³-hybridized carbons (Fsp3) is 0.300. The third-order valence-electron chi connectivity index (χ3n) is 5.30. The van der Waals surface area contributed by atoms with E-state index in [0.717, 1.165) is 29.7 Å². The number of aromatic nitrogens is 4. The van der Waals surface area contributed by atoms with Crippen LogP contribution < -0.4 is 10.7 Å². The zero-order valence-corrected chi connectivity index (χ0v) is 15.7. The van der Waals surface area contributed by atoms with Crippen molar-refractivity contribution in [3.63, 3.8) is 0 Å². The quantitative estimate of drug-likeness (QED) is 0.698. The van der Waals surface area contributed by atoms with Crippen LogP contribution in [0.25, 0.3) is 11.3 Å². The molecule has 1 saturated carbocycles. The molecule has 0 aliphatic heterocycles. The Morgan fingerprint density at radius 2 is 2.11 bits per heavy atom. The fourth-order valence-electron chi connectivity index (χ4n) is 3.54. The molecule has 1 fully saturated rings. The molecule has 2 N–H and O–H groups in total. The monoisotopic (exact) mass is 379 g/mol. The molecule has 1 aromatic carbocycles. The summed E-state index contributed by atoms with van der Waals surface area (Å²) in [6, 6.07) is 10.3. The number of aryl methyl sites for hydroxylation is 1. The van der Waals surface area contributed by atoms with Gasteiger partial charge in [0.2, 0.25) is 0 Å². The molecule has 0 bridgehead atoms. The van der Waals surface area contributed by atoms with E-state index in [1.165, 1.54) is 17.9 Å². The molecule has 8 heteroatoms. The van der Waals surface area contributed by atoms with Crippen molar-refractivity contribution in [1.82, 2.24) is 24.9 Å². The highest BCUT2D eigenvalue weighted by atomic mass is 16.3. The highest BCUT2D eigenvalue weighted by molar-refractivity contribution is 5.92.